The third kappa shape index (κ3) is 3.55. The second kappa shape index (κ2) is 6.49. The van der Waals surface area contributed by atoms with E-state index in [1.165, 1.54) is 10.9 Å². The minimum atomic E-state index is -0.467. The molecule has 0 bridgehead atoms. The molecule has 1 saturated heterocycles. The number of aromatic nitrogens is 2. The molecule has 8 heteroatoms. The zero-order chi connectivity index (χ0) is 14.5. The molecule has 2 atom stereocenters. The summed E-state index contributed by atoms with van der Waals surface area (Å²) in [6.07, 6.45) is 4.05. The Morgan fingerprint density at radius 1 is 1.55 bits per heavy atom. The van der Waals surface area contributed by atoms with Crippen molar-refractivity contribution in [1.29, 1.82) is 0 Å². The van der Waals surface area contributed by atoms with Crippen molar-refractivity contribution in [3.63, 3.8) is 0 Å². The van der Waals surface area contributed by atoms with Gasteiger partial charge >= 0.3 is 0 Å². The van der Waals surface area contributed by atoms with Gasteiger partial charge < -0.3 is 21.1 Å². The molecule has 1 fully saturated rings. The molecule has 8 nitrogen and oxygen atoms in total. The van der Waals surface area contributed by atoms with Gasteiger partial charge in [0.05, 0.1) is 18.0 Å². The maximum Gasteiger partial charge on any atom is 0.253 e. The Balaban J connectivity index is 1.87. The SMILES string of the molecule is CNC(=O)Cn1cc(NC(=O)C2CCC(CN)O2)cn1. The highest BCUT2D eigenvalue weighted by Crippen LogP contribution is 2.20. The van der Waals surface area contributed by atoms with E-state index >= 15 is 0 Å². The van der Waals surface area contributed by atoms with Gasteiger partial charge in [0.15, 0.2) is 0 Å². The maximum atomic E-state index is 12.0. The summed E-state index contributed by atoms with van der Waals surface area (Å²) in [7, 11) is 1.56. The van der Waals surface area contributed by atoms with Crippen LogP contribution in [-0.4, -0.2) is 47.4 Å². The van der Waals surface area contributed by atoms with Crippen LogP contribution in [0.2, 0.25) is 0 Å². The zero-order valence-corrected chi connectivity index (χ0v) is 11.3. The molecule has 2 heterocycles. The Bertz CT molecular complexity index is 487. The number of anilines is 1. The summed E-state index contributed by atoms with van der Waals surface area (Å²) in [5.74, 6) is -0.365. The van der Waals surface area contributed by atoms with Crippen LogP contribution in [0.25, 0.3) is 0 Å². The van der Waals surface area contributed by atoms with Gasteiger partial charge in [0.2, 0.25) is 5.91 Å². The van der Waals surface area contributed by atoms with Crippen molar-refractivity contribution in [3.05, 3.63) is 12.4 Å². The first-order valence-electron chi connectivity index (χ1n) is 6.51. The molecule has 2 unspecified atom stereocenters. The lowest BCUT2D eigenvalue weighted by atomic mass is 10.2. The molecule has 1 aliphatic rings. The first-order valence-corrected chi connectivity index (χ1v) is 6.51. The highest BCUT2D eigenvalue weighted by atomic mass is 16.5. The number of nitrogens with one attached hydrogen (secondary N) is 2. The molecular weight excluding hydrogens is 262 g/mol. The molecule has 110 valence electrons. The fraction of sp³-hybridized carbons (Fsp3) is 0.583. The van der Waals surface area contributed by atoms with E-state index in [1.54, 1.807) is 13.2 Å². The van der Waals surface area contributed by atoms with Gasteiger partial charge in [-0.2, -0.15) is 5.10 Å². The van der Waals surface area contributed by atoms with Crippen LogP contribution in [0, 0.1) is 0 Å². The minimum absolute atomic E-state index is 0.0401. The fourth-order valence-electron chi connectivity index (χ4n) is 2.04. The molecular formula is C12H19N5O3. The van der Waals surface area contributed by atoms with Crippen molar-refractivity contribution in [2.45, 2.75) is 31.6 Å². The average molecular weight is 281 g/mol. The molecule has 1 aliphatic heterocycles. The van der Waals surface area contributed by atoms with Crippen LogP contribution in [0.4, 0.5) is 5.69 Å². The summed E-state index contributed by atoms with van der Waals surface area (Å²) < 4.78 is 6.96. The van der Waals surface area contributed by atoms with E-state index in [-0.39, 0.29) is 24.5 Å². The lowest BCUT2D eigenvalue weighted by molar-refractivity contribution is -0.126. The van der Waals surface area contributed by atoms with Crippen LogP contribution in [0.15, 0.2) is 12.4 Å². The van der Waals surface area contributed by atoms with Crippen LogP contribution >= 0.6 is 0 Å². The molecule has 20 heavy (non-hydrogen) atoms. The summed E-state index contributed by atoms with van der Waals surface area (Å²) in [5.41, 5.74) is 6.04. The van der Waals surface area contributed by atoms with Crippen LogP contribution in [0.5, 0.6) is 0 Å². The number of carbonyl (C=O) groups is 2. The largest absolute Gasteiger partial charge is 0.364 e. The quantitative estimate of drug-likeness (QED) is 0.646. The van der Waals surface area contributed by atoms with Crippen LogP contribution in [0.3, 0.4) is 0 Å². The standard InChI is InChI=1S/C12H19N5O3/c1-14-11(18)7-17-6-8(5-15-17)16-12(19)10-3-2-9(4-13)20-10/h5-6,9-10H,2-4,7,13H2,1H3,(H,14,18)(H,16,19). The molecule has 2 amide bonds. The summed E-state index contributed by atoms with van der Waals surface area (Å²) in [6.45, 7) is 0.537. The normalized spacial score (nSPS) is 21.7. The highest BCUT2D eigenvalue weighted by molar-refractivity contribution is 5.94. The highest BCUT2D eigenvalue weighted by Gasteiger charge is 2.29. The third-order valence-corrected chi connectivity index (χ3v) is 3.15. The minimum Gasteiger partial charge on any atom is -0.364 e. The second-order valence-corrected chi connectivity index (χ2v) is 4.65. The Kier molecular flexibility index (Phi) is 4.70. The van der Waals surface area contributed by atoms with E-state index in [4.69, 9.17) is 10.5 Å². The van der Waals surface area contributed by atoms with Crippen LogP contribution in [-0.2, 0) is 20.9 Å². The second-order valence-electron chi connectivity index (χ2n) is 4.65. The van der Waals surface area contributed by atoms with E-state index in [1.807, 2.05) is 0 Å². The Morgan fingerprint density at radius 3 is 3.00 bits per heavy atom. The summed E-state index contributed by atoms with van der Waals surface area (Å²) in [4.78, 5) is 23.2. The molecule has 1 aromatic heterocycles. The lowest BCUT2D eigenvalue weighted by Crippen LogP contribution is -2.29. The number of nitrogens with zero attached hydrogens (tertiary/aromatic N) is 2. The molecule has 4 N–H and O–H groups in total. The molecule has 2 rings (SSSR count). The molecule has 0 aliphatic carbocycles. The van der Waals surface area contributed by atoms with Crippen molar-refractivity contribution in [1.82, 2.24) is 15.1 Å². The van der Waals surface area contributed by atoms with Gasteiger partial charge in [-0.1, -0.05) is 0 Å². The fourth-order valence-corrected chi connectivity index (χ4v) is 2.04. The molecule has 0 spiro atoms. The first kappa shape index (κ1) is 14.5. The predicted molar refractivity (Wildman–Crippen MR) is 71.9 cm³/mol. The number of nitrogens with two attached hydrogens (primary N) is 1. The number of rotatable bonds is 5. The number of hydrogen-bond acceptors (Lipinski definition) is 5. The van der Waals surface area contributed by atoms with Crippen LogP contribution in [0.1, 0.15) is 12.8 Å². The van der Waals surface area contributed by atoms with Gasteiger partial charge in [-0.25, -0.2) is 0 Å². The van der Waals surface area contributed by atoms with Crippen molar-refractivity contribution in [2.24, 2.45) is 5.73 Å². The molecule has 0 radical (unpaired) electrons. The Labute approximate surface area is 116 Å². The lowest BCUT2D eigenvalue weighted by Gasteiger charge is -2.11. The Morgan fingerprint density at radius 2 is 2.35 bits per heavy atom. The third-order valence-electron chi connectivity index (χ3n) is 3.15. The molecule has 1 aromatic rings. The average Bonchev–Trinajstić information content (AvgIpc) is 3.07. The Hall–Kier alpha value is -1.93. The topological polar surface area (TPSA) is 111 Å². The maximum absolute atomic E-state index is 12.0. The van der Waals surface area contributed by atoms with E-state index in [9.17, 15) is 9.59 Å². The monoisotopic (exact) mass is 281 g/mol. The molecule has 0 aromatic carbocycles. The number of carbonyl (C=O) groups excluding carboxylic acids is 2. The van der Waals surface area contributed by atoms with E-state index in [2.05, 4.69) is 15.7 Å². The first-order chi connectivity index (χ1) is 9.62. The predicted octanol–water partition coefficient (Wildman–Crippen LogP) is -0.926. The smallest absolute Gasteiger partial charge is 0.253 e. The van der Waals surface area contributed by atoms with Crippen LogP contribution < -0.4 is 16.4 Å². The summed E-state index contributed by atoms with van der Waals surface area (Å²) in [6, 6.07) is 0. The van der Waals surface area contributed by atoms with Crippen molar-refractivity contribution < 1.29 is 14.3 Å². The summed E-state index contributed by atoms with van der Waals surface area (Å²) in [5, 5.41) is 9.22. The number of amides is 2. The number of likely N-dealkylation sites (N-methyl/N-ethyl adjacent to an activating group) is 1. The van der Waals surface area contributed by atoms with Gasteiger partial charge in [-0.05, 0) is 12.8 Å². The van der Waals surface area contributed by atoms with E-state index < -0.39 is 6.10 Å². The number of ether oxygens (including phenoxy) is 1. The van der Waals surface area contributed by atoms with Crippen molar-refractivity contribution >= 4 is 17.5 Å². The number of hydrogen-bond donors (Lipinski definition) is 3. The van der Waals surface area contributed by atoms with Crippen molar-refractivity contribution in [3.8, 4) is 0 Å². The van der Waals surface area contributed by atoms with Gasteiger partial charge in [-0.3, -0.25) is 14.3 Å². The van der Waals surface area contributed by atoms with Gasteiger partial charge in [0.25, 0.3) is 5.91 Å². The van der Waals surface area contributed by atoms with Crippen molar-refractivity contribution in [2.75, 3.05) is 18.9 Å². The van der Waals surface area contributed by atoms with E-state index in [0.717, 1.165) is 6.42 Å². The van der Waals surface area contributed by atoms with Gasteiger partial charge in [0.1, 0.15) is 12.6 Å². The summed E-state index contributed by atoms with van der Waals surface area (Å²) >= 11 is 0. The van der Waals surface area contributed by atoms with Gasteiger partial charge in [0, 0.05) is 19.8 Å². The molecule has 0 saturated carbocycles. The van der Waals surface area contributed by atoms with E-state index in [0.29, 0.717) is 18.7 Å². The zero-order valence-electron chi connectivity index (χ0n) is 11.3. The van der Waals surface area contributed by atoms with Gasteiger partial charge in [-0.15, -0.1) is 0 Å².